The van der Waals surface area contributed by atoms with Gasteiger partial charge in [0.05, 0.1) is 22.5 Å². The average Bonchev–Trinajstić information content (AvgIpc) is 2.64. The third kappa shape index (κ3) is 4.98. The summed E-state index contributed by atoms with van der Waals surface area (Å²) in [6, 6.07) is 16.2. The minimum Gasteiger partial charge on any atom is -0.489 e. The standard InChI is InChI=1S/C21H21ClN4O2/c1-13(2)28-19-11-7-6-10-17(19)24-20(27)18-12-14(3)23-21(26-18)25-16-9-5-4-8-15(16)22/h4-13H,1-3H3,(H,24,27)(H,23,25,26). The van der Waals surface area contributed by atoms with Gasteiger partial charge >= 0.3 is 0 Å². The van der Waals surface area contributed by atoms with Crippen LogP contribution >= 0.6 is 11.6 Å². The van der Waals surface area contributed by atoms with Crippen LogP contribution in [0.5, 0.6) is 5.75 Å². The molecule has 0 saturated heterocycles. The fourth-order valence-corrected chi connectivity index (χ4v) is 2.72. The van der Waals surface area contributed by atoms with Gasteiger partial charge in [-0.25, -0.2) is 9.97 Å². The Morgan fingerprint density at radius 1 is 1.04 bits per heavy atom. The molecule has 144 valence electrons. The maximum Gasteiger partial charge on any atom is 0.274 e. The summed E-state index contributed by atoms with van der Waals surface area (Å²) in [5.74, 6) is 0.545. The predicted octanol–water partition coefficient (Wildman–Crippen LogP) is 5.22. The van der Waals surface area contributed by atoms with Crippen LogP contribution in [0.4, 0.5) is 17.3 Å². The van der Waals surface area contributed by atoms with Crippen LogP contribution in [-0.2, 0) is 0 Å². The number of aromatic nitrogens is 2. The highest BCUT2D eigenvalue weighted by Crippen LogP contribution is 2.26. The van der Waals surface area contributed by atoms with Gasteiger partial charge in [0, 0.05) is 5.69 Å². The van der Waals surface area contributed by atoms with Gasteiger partial charge in [-0.3, -0.25) is 4.79 Å². The molecule has 0 unspecified atom stereocenters. The van der Waals surface area contributed by atoms with Crippen molar-refractivity contribution in [2.45, 2.75) is 26.9 Å². The Balaban J connectivity index is 1.83. The van der Waals surface area contributed by atoms with Crippen molar-refractivity contribution < 1.29 is 9.53 Å². The number of para-hydroxylation sites is 3. The first-order valence-electron chi connectivity index (χ1n) is 8.86. The van der Waals surface area contributed by atoms with E-state index in [0.717, 1.165) is 0 Å². The van der Waals surface area contributed by atoms with Gasteiger partial charge in [0.25, 0.3) is 5.91 Å². The Bertz CT molecular complexity index is 992. The Hall–Kier alpha value is -3.12. The number of benzene rings is 2. The molecule has 2 aromatic carbocycles. The number of rotatable bonds is 6. The summed E-state index contributed by atoms with van der Waals surface area (Å²) in [5.41, 5.74) is 2.14. The molecule has 0 bridgehead atoms. The first-order valence-corrected chi connectivity index (χ1v) is 9.24. The average molecular weight is 397 g/mol. The summed E-state index contributed by atoms with van der Waals surface area (Å²) < 4.78 is 5.75. The zero-order chi connectivity index (χ0) is 20.1. The third-order valence-electron chi connectivity index (χ3n) is 3.71. The molecule has 0 spiro atoms. The number of nitrogens with one attached hydrogen (secondary N) is 2. The molecule has 0 aliphatic heterocycles. The number of carbonyl (C=O) groups is 1. The van der Waals surface area contributed by atoms with E-state index in [1.54, 1.807) is 25.1 Å². The third-order valence-corrected chi connectivity index (χ3v) is 4.03. The van der Waals surface area contributed by atoms with Crippen LogP contribution < -0.4 is 15.4 Å². The van der Waals surface area contributed by atoms with Gasteiger partial charge in [-0.05, 0) is 51.1 Å². The van der Waals surface area contributed by atoms with Gasteiger partial charge in [0.15, 0.2) is 0 Å². The van der Waals surface area contributed by atoms with Gasteiger partial charge in [0.1, 0.15) is 11.4 Å². The van der Waals surface area contributed by atoms with E-state index in [0.29, 0.717) is 33.8 Å². The quantitative estimate of drug-likeness (QED) is 0.597. The van der Waals surface area contributed by atoms with E-state index >= 15 is 0 Å². The largest absolute Gasteiger partial charge is 0.489 e. The topological polar surface area (TPSA) is 76.1 Å². The smallest absolute Gasteiger partial charge is 0.274 e. The molecule has 3 aromatic rings. The van der Waals surface area contributed by atoms with Crippen molar-refractivity contribution in [2.24, 2.45) is 0 Å². The molecule has 7 heteroatoms. The second-order valence-electron chi connectivity index (χ2n) is 6.44. The fourth-order valence-electron chi connectivity index (χ4n) is 2.54. The number of hydrogen-bond acceptors (Lipinski definition) is 5. The van der Waals surface area contributed by atoms with E-state index < -0.39 is 0 Å². The van der Waals surface area contributed by atoms with Crippen LogP contribution in [0.1, 0.15) is 30.0 Å². The Labute approximate surface area is 168 Å². The first kappa shape index (κ1) is 19.6. The highest BCUT2D eigenvalue weighted by atomic mass is 35.5. The second-order valence-corrected chi connectivity index (χ2v) is 6.85. The summed E-state index contributed by atoms with van der Waals surface area (Å²) in [4.78, 5) is 21.4. The van der Waals surface area contributed by atoms with Crippen LogP contribution in [0.25, 0.3) is 0 Å². The molecule has 0 fully saturated rings. The van der Waals surface area contributed by atoms with Crippen molar-refractivity contribution >= 4 is 34.8 Å². The van der Waals surface area contributed by atoms with Crippen molar-refractivity contribution in [3.63, 3.8) is 0 Å². The molecule has 0 aliphatic carbocycles. The van der Waals surface area contributed by atoms with Gasteiger partial charge in [-0.1, -0.05) is 35.9 Å². The van der Waals surface area contributed by atoms with Crippen molar-refractivity contribution in [1.29, 1.82) is 0 Å². The number of hydrogen-bond donors (Lipinski definition) is 2. The zero-order valence-electron chi connectivity index (χ0n) is 15.9. The minimum absolute atomic E-state index is 0.00855. The van der Waals surface area contributed by atoms with Crippen LogP contribution in [0, 0.1) is 6.92 Å². The number of nitrogens with zero attached hydrogens (tertiary/aromatic N) is 2. The van der Waals surface area contributed by atoms with Gasteiger partial charge in [-0.15, -0.1) is 0 Å². The van der Waals surface area contributed by atoms with E-state index in [2.05, 4.69) is 20.6 Å². The fraction of sp³-hybridized carbons (Fsp3) is 0.190. The summed E-state index contributed by atoms with van der Waals surface area (Å²) in [5, 5.41) is 6.44. The minimum atomic E-state index is -0.354. The van der Waals surface area contributed by atoms with E-state index in [-0.39, 0.29) is 17.7 Å². The molecular formula is C21H21ClN4O2. The Kier molecular flexibility index (Phi) is 6.11. The van der Waals surface area contributed by atoms with Crippen molar-refractivity contribution in [2.75, 3.05) is 10.6 Å². The van der Waals surface area contributed by atoms with Crippen molar-refractivity contribution in [3.8, 4) is 5.75 Å². The lowest BCUT2D eigenvalue weighted by Crippen LogP contribution is -2.17. The zero-order valence-corrected chi connectivity index (χ0v) is 16.6. The molecule has 6 nitrogen and oxygen atoms in total. The lowest BCUT2D eigenvalue weighted by molar-refractivity contribution is 0.102. The summed E-state index contributed by atoms with van der Waals surface area (Å²) >= 11 is 6.17. The number of aryl methyl sites for hydroxylation is 1. The summed E-state index contributed by atoms with van der Waals surface area (Å²) in [6.45, 7) is 5.66. The number of carbonyl (C=O) groups excluding carboxylic acids is 1. The normalized spacial score (nSPS) is 10.6. The number of amides is 1. The SMILES string of the molecule is Cc1cc(C(=O)Nc2ccccc2OC(C)C)nc(Nc2ccccc2Cl)n1. The first-order chi connectivity index (χ1) is 13.4. The van der Waals surface area contributed by atoms with Gasteiger partial charge < -0.3 is 15.4 Å². The van der Waals surface area contributed by atoms with E-state index in [9.17, 15) is 4.79 Å². The highest BCUT2D eigenvalue weighted by Gasteiger charge is 2.14. The Morgan fingerprint density at radius 3 is 2.43 bits per heavy atom. The molecule has 3 rings (SSSR count). The van der Waals surface area contributed by atoms with Crippen LogP contribution in [0.3, 0.4) is 0 Å². The van der Waals surface area contributed by atoms with E-state index in [1.165, 1.54) is 0 Å². The molecule has 0 atom stereocenters. The summed E-state index contributed by atoms with van der Waals surface area (Å²) in [6.07, 6.45) is -0.00855. The highest BCUT2D eigenvalue weighted by molar-refractivity contribution is 6.33. The van der Waals surface area contributed by atoms with Crippen LogP contribution in [0.2, 0.25) is 5.02 Å². The number of halogens is 1. The van der Waals surface area contributed by atoms with Crippen molar-refractivity contribution in [3.05, 3.63) is 71.0 Å². The molecule has 0 radical (unpaired) electrons. The van der Waals surface area contributed by atoms with Crippen LogP contribution in [0.15, 0.2) is 54.6 Å². The molecule has 0 aliphatic rings. The van der Waals surface area contributed by atoms with E-state index in [4.69, 9.17) is 16.3 Å². The Morgan fingerprint density at radius 2 is 1.71 bits per heavy atom. The number of anilines is 3. The van der Waals surface area contributed by atoms with Gasteiger partial charge in [0.2, 0.25) is 5.95 Å². The summed E-state index contributed by atoms with van der Waals surface area (Å²) in [7, 11) is 0. The number of ether oxygens (including phenoxy) is 1. The second kappa shape index (κ2) is 8.71. The monoisotopic (exact) mass is 396 g/mol. The predicted molar refractivity (Wildman–Crippen MR) is 112 cm³/mol. The molecule has 1 heterocycles. The van der Waals surface area contributed by atoms with Crippen molar-refractivity contribution in [1.82, 2.24) is 9.97 Å². The van der Waals surface area contributed by atoms with E-state index in [1.807, 2.05) is 50.2 Å². The lowest BCUT2D eigenvalue weighted by Gasteiger charge is -2.15. The van der Waals surface area contributed by atoms with Gasteiger partial charge in [-0.2, -0.15) is 0 Å². The maximum absolute atomic E-state index is 12.8. The molecule has 2 N–H and O–H groups in total. The maximum atomic E-state index is 12.8. The molecule has 1 amide bonds. The molecule has 0 saturated carbocycles. The van der Waals surface area contributed by atoms with Crippen LogP contribution in [-0.4, -0.2) is 22.0 Å². The molecule has 28 heavy (non-hydrogen) atoms. The lowest BCUT2D eigenvalue weighted by atomic mass is 10.2. The molecule has 1 aromatic heterocycles. The molecular weight excluding hydrogens is 376 g/mol.